The maximum Gasteiger partial charge on any atom is 0.313 e. The van der Waals surface area contributed by atoms with Crippen LogP contribution in [0.2, 0.25) is 0 Å². The number of esters is 1. The molecule has 2 atom stereocenters. The Morgan fingerprint density at radius 2 is 2.00 bits per heavy atom. The van der Waals surface area contributed by atoms with Gasteiger partial charge in [0.05, 0.1) is 12.5 Å². The quantitative estimate of drug-likeness (QED) is 0.780. The third-order valence-electron chi connectivity index (χ3n) is 4.00. The number of carbonyl (C=O) groups excluding carboxylic acids is 2. The standard InChI is InChI=1S/C18H22O3/c1-3-21-18(20)17-13(2)11-16(19)12-15(17)10-9-14-7-5-4-6-8-14/h4-8,11,15,17H,3,9-10,12H2,1-2H3. The van der Waals surface area contributed by atoms with Gasteiger partial charge in [-0.1, -0.05) is 35.9 Å². The molecule has 0 bridgehead atoms. The molecule has 3 heteroatoms. The van der Waals surface area contributed by atoms with Gasteiger partial charge < -0.3 is 4.74 Å². The van der Waals surface area contributed by atoms with Gasteiger partial charge in [0.15, 0.2) is 5.78 Å². The molecular formula is C18H22O3. The SMILES string of the molecule is CCOC(=O)C1C(C)=CC(=O)CC1CCc1ccccc1. The lowest BCUT2D eigenvalue weighted by Crippen LogP contribution is -2.32. The van der Waals surface area contributed by atoms with E-state index in [-0.39, 0.29) is 23.6 Å². The Morgan fingerprint density at radius 3 is 2.67 bits per heavy atom. The zero-order chi connectivity index (χ0) is 15.2. The first-order chi connectivity index (χ1) is 10.1. The summed E-state index contributed by atoms with van der Waals surface area (Å²) in [6.45, 7) is 4.04. The normalized spacial score (nSPS) is 21.8. The molecule has 0 spiro atoms. The Labute approximate surface area is 126 Å². The molecule has 3 nitrogen and oxygen atoms in total. The second-order valence-corrected chi connectivity index (χ2v) is 5.57. The topological polar surface area (TPSA) is 43.4 Å². The van der Waals surface area contributed by atoms with Gasteiger partial charge in [0.1, 0.15) is 0 Å². The fourth-order valence-corrected chi connectivity index (χ4v) is 3.03. The minimum atomic E-state index is -0.272. The van der Waals surface area contributed by atoms with Crippen molar-refractivity contribution in [2.45, 2.75) is 33.1 Å². The Hall–Kier alpha value is -1.90. The lowest BCUT2D eigenvalue weighted by molar-refractivity contribution is -0.149. The van der Waals surface area contributed by atoms with Crippen molar-refractivity contribution in [2.75, 3.05) is 6.61 Å². The van der Waals surface area contributed by atoms with E-state index < -0.39 is 0 Å². The molecule has 112 valence electrons. The van der Waals surface area contributed by atoms with E-state index in [1.807, 2.05) is 32.0 Å². The van der Waals surface area contributed by atoms with Crippen molar-refractivity contribution >= 4 is 11.8 Å². The number of ketones is 1. The fraction of sp³-hybridized carbons (Fsp3) is 0.444. The van der Waals surface area contributed by atoms with Gasteiger partial charge in [0, 0.05) is 6.42 Å². The molecule has 0 saturated carbocycles. The van der Waals surface area contributed by atoms with E-state index in [0.717, 1.165) is 18.4 Å². The molecule has 1 aliphatic rings. The summed E-state index contributed by atoms with van der Waals surface area (Å²) in [6.07, 6.45) is 3.74. The molecule has 0 saturated heterocycles. The lowest BCUT2D eigenvalue weighted by Gasteiger charge is -2.29. The number of aryl methyl sites for hydroxylation is 1. The van der Waals surface area contributed by atoms with Crippen LogP contribution in [0.4, 0.5) is 0 Å². The summed E-state index contributed by atoms with van der Waals surface area (Å²) in [5.74, 6) is -0.309. The third kappa shape index (κ3) is 4.03. The number of ether oxygens (including phenoxy) is 1. The van der Waals surface area contributed by atoms with Gasteiger partial charge in [-0.25, -0.2) is 0 Å². The number of benzene rings is 1. The zero-order valence-electron chi connectivity index (χ0n) is 12.7. The first kappa shape index (κ1) is 15.5. The largest absolute Gasteiger partial charge is 0.466 e. The fourth-order valence-electron chi connectivity index (χ4n) is 3.03. The molecule has 0 N–H and O–H groups in total. The van der Waals surface area contributed by atoms with Crippen molar-refractivity contribution < 1.29 is 14.3 Å². The van der Waals surface area contributed by atoms with Crippen molar-refractivity contribution in [3.05, 3.63) is 47.5 Å². The average Bonchev–Trinajstić information content (AvgIpc) is 2.45. The van der Waals surface area contributed by atoms with Gasteiger partial charge in [-0.3, -0.25) is 9.59 Å². The molecule has 0 fully saturated rings. The highest BCUT2D eigenvalue weighted by atomic mass is 16.5. The monoisotopic (exact) mass is 286 g/mol. The smallest absolute Gasteiger partial charge is 0.313 e. The van der Waals surface area contributed by atoms with Gasteiger partial charge in [-0.2, -0.15) is 0 Å². The van der Waals surface area contributed by atoms with Crippen LogP contribution in [0.5, 0.6) is 0 Å². The summed E-state index contributed by atoms with van der Waals surface area (Å²) in [6, 6.07) is 10.2. The van der Waals surface area contributed by atoms with Crippen LogP contribution < -0.4 is 0 Å². The van der Waals surface area contributed by atoms with Gasteiger partial charge in [-0.15, -0.1) is 0 Å². The van der Waals surface area contributed by atoms with Crippen LogP contribution >= 0.6 is 0 Å². The summed E-state index contributed by atoms with van der Waals surface area (Å²) < 4.78 is 5.18. The first-order valence-corrected chi connectivity index (χ1v) is 7.53. The summed E-state index contributed by atoms with van der Waals surface area (Å²) >= 11 is 0. The minimum absolute atomic E-state index is 0.0433. The van der Waals surface area contributed by atoms with E-state index in [1.54, 1.807) is 6.08 Å². The highest BCUT2D eigenvalue weighted by molar-refractivity contribution is 5.94. The maximum atomic E-state index is 12.2. The number of hydrogen-bond acceptors (Lipinski definition) is 3. The molecule has 1 aliphatic carbocycles. The Balaban J connectivity index is 2.09. The van der Waals surface area contributed by atoms with Crippen molar-refractivity contribution in [3.63, 3.8) is 0 Å². The maximum absolute atomic E-state index is 12.2. The summed E-state index contributed by atoms with van der Waals surface area (Å²) in [4.78, 5) is 24.0. The number of hydrogen-bond donors (Lipinski definition) is 0. The zero-order valence-corrected chi connectivity index (χ0v) is 12.7. The Bertz CT molecular complexity index is 531. The highest BCUT2D eigenvalue weighted by Gasteiger charge is 2.35. The van der Waals surface area contributed by atoms with Crippen molar-refractivity contribution in [1.82, 2.24) is 0 Å². The molecule has 0 radical (unpaired) electrons. The van der Waals surface area contributed by atoms with Crippen molar-refractivity contribution in [1.29, 1.82) is 0 Å². The van der Waals surface area contributed by atoms with Gasteiger partial charge in [0.2, 0.25) is 0 Å². The molecule has 0 aliphatic heterocycles. The van der Waals surface area contributed by atoms with Crippen molar-refractivity contribution in [3.8, 4) is 0 Å². The molecule has 0 aromatic heterocycles. The number of carbonyl (C=O) groups is 2. The van der Waals surface area contributed by atoms with Crippen LogP contribution in [0.25, 0.3) is 0 Å². The molecule has 21 heavy (non-hydrogen) atoms. The van der Waals surface area contributed by atoms with E-state index >= 15 is 0 Å². The van der Waals surface area contributed by atoms with Gasteiger partial charge in [0.25, 0.3) is 0 Å². The second-order valence-electron chi connectivity index (χ2n) is 5.57. The minimum Gasteiger partial charge on any atom is -0.466 e. The average molecular weight is 286 g/mol. The molecular weight excluding hydrogens is 264 g/mol. The summed E-state index contributed by atoms with van der Waals surface area (Å²) in [5.41, 5.74) is 2.07. The van der Waals surface area contributed by atoms with Crippen LogP contribution in [0, 0.1) is 11.8 Å². The summed E-state index contributed by atoms with van der Waals surface area (Å²) in [7, 11) is 0. The van der Waals surface area contributed by atoms with Crippen LogP contribution in [-0.2, 0) is 20.7 Å². The van der Waals surface area contributed by atoms with E-state index in [0.29, 0.717) is 13.0 Å². The van der Waals surface area contributed by atoms with E-state index in [4.69, 9.17) is 4.74 Å². The molecule has 0 heterocycles. The lowest BCUT2D eigenvalue weighted by atomic mass is 9.75. The number of rotatable bonds is 5. The van der Waals surface area contributed by atoms with Gasteiger partial charge in [-0.05, 0) is 44.2 Å². The van der Waals surface area contributed by atoms with E-state index in [1.165, 1.54) is 5.56 Å². The predicted octanol–water partition coefficient (Wildman–Crippen LogP) is 3.33. The molecule has 1 aromatic carbocycles. The predicted molar refractivity (Wildman–Crippen MR) is 81.8 cm³/mol. The number of allylic oxidation sites excluding steroid dienone is 1. The first-order valence-electron chi connectivity index (χ1n) is 7.53. The van der Waals surface area contributed by atoms with Crippen LogP contribution in [0.1, 0.15) is 32.3 Å². The van der Waals surface area contributed by atoms with Crippen LogP contribution in [0.15, 0.2) is 42.0 Å². The highest BCUT2D eigenvalue weighted by Crippen LogP contribution is 2.33. The Kier molecular flexibility index (Phi) is 5.32. The molecule has 0 amide bonds. The van der Waals surface area contributed by atoms with Crippen LogP contribution in [-0.4, -0.2) is 18.4 Å². The second kappa shape index (κ2) is 7.21. The molecule has 2 unspecified atom stereocenters. The van der Waals surface area contributed by atoms with E-state index in [2.05, 4.69) is 12.1 Å². The van der Waals surface area contributed by atoms with Crippen molar-refractivity contribution in [2.24, 2.45) is 11.8 Å². The Morgan fingerprint density at radius 1 is 1.29 bits per heavy atom. The third-order valence-corrected chi connectivity index (χ3v) is 4.00. The molecule has 2 rings (SSSR count). The van der Waals surface area contributed by atoms with Gasteiger partial charge >= 0.3 is 5.97 Å². The van der Waals surface area contributed by atoms with Crippen LogP contribution in [0.3, 0.4) is 0 Å². The summed E-state index contributed by atoms with van der Waals surface area (Å²) in [5, 5.41) is 0. The molecule has 1 aromatic rings. The van der Waals surface area contributed by atoms with E-state index in [9.17, 15) is 9.59 Å².